The molecule has 0 bridgehead atoms. The summed E-state index contributed by atoms with van der Waals surface area (Å²) in [6, 6.07) is 2.46. The van der Waals surface area contributed by atoms with Crippen molar-refractivity contribution in [1.82, 2.24) is 24.1 Å². The van der Waals surface area contributed by atoms with Gasteiger partial charge in [0.15, 0.2) is 5.82 Å². The molecule has 0 spiro atoms. The SMILES string of the molecule is Cc1cc(F)c2[nH]c(S(=O)(=O)N3CC[C@H](C(F)(F)F)C3)cc2c1-c1ncn(C)n1. The maximum Gasteiger partial charge on any atom is 0.393 e. The Morgan fingerprint density at radius 1 is 1.28 bits per heavy atom. The van der Waals surface area contributed by atoms with E-state index in [1.807, 2.05) is 0 Å². The van der Waals surface area contributed by atoms with E-state index in [4.69, 9.17) is 0 Å². The van der Waals surface area contributed by atoms with Crippen molar-refractivity contribution in [3.63, 3.8) is 0 Å². The normalized spacial score (nSPS) is 18.8. The van der Waals surface area contributed by atoms with Crippen molar-refractivity contribution in [2.75, 3.05) is 13.1 Å². The monoisotopic (exact) mass is 431 g/mol. The first kappa shape index (κ1) is 19.8. The van der Waals surface area contributed by atoms with E-state index in [1.54, 1.807) is 14.0 Å². The summed E-state index contributed by atoms with van der Waals surface area (Å²) in [5, 5.41) is 4.08. The molecule has 3 heterocycles. The van der Waals surface area contributed by atoms with Gasteiger partial charge in [0.25, 0.3) is 10.0 Å². The molecule has 2 aromatic heterocycles. The third kappa shape index (κ3) is 3.29. The number of H-pyrrole nitrogens is 1. The lowest BCUT2D eigenvalue weighted by Crippen LogP contribution is -2.32. The average molecular weight is 431 g/mol. The zero-order valence-corrected chi connectivity index (χ0v) is 16.3. The summed E-state index contributed by atoms with van der Waals surface area (Å²) in [6.07, 6.45) is -3.32. The van der Waals surface area contributed by atoms with E-state index in [0.29, 0.717) is 11.1 Å². The largest absolute Gasteiger partial charge is 0.393 e. The first-order valence-corrected chi connectivity index (χ1v) is 10.2. The van der Waals surface area contributed by atoms with E-state index >= 15 is 0 Å². The molecule has 0 amide bonds. The molecule has 1 atom stereocenters. The topological polar surface area (TPSA) is 83.9 Å². The number of aryl methyl sites for hydroxylation is 2. The van der Waals surface area contributed by atoms with E-state index in [-0.39, 0.29) is 34.7 Å². The number of hydrogen-bond donors (Lipinski definition) is 1. The molecule has 1 aromatic carbocycles. The summed E-state index contributed by atoms with van der Waals surface area (Å²) in [7, 11) is -2.60. The highest BCUT2D eigenvalue weighted by Crippen LogP contribution is 2.37. The fourth-order valence-electron chi connectivity index (χ4n) is 3.60. The summed E-state index contributed by atoms with van der Waals surface area (Å²) in [6.45, 7) is 0.735. The molecule has 1 N–H and O–H groups in total. The van der Waals surface area contributed by atoms with E-state index < -0.39 is 34.5 Å². The number of alkyl halides is 3. The number of nitrogens with one attached hydrogen (secondary N) is 1. The van der Waals surface area contributed by atoms with Crippen LogP contribution in [0.2, 0.25) is 0 Å². The molecule has 1 aliphatic heterocycles. The van der Waals surface area contributed by atoms with E-state index in [2.05, 4.69) is 15.1 Å². The van der Waals surface area contributed by atoms with Gasteiger partial charge in [-0.3, -0.25) is 4.68 Å². The van der Waals surface area contributed by atoms with E-state index in [1.165, 1.54) is 23.1 Å². The number of hydrogen-bond acceptors (Lipinski definition) is 4. The van der Waals surface area contributed by atoms with E-state index in [9.17, 15) is 26.0 Å². The molecule has 1 aliphatic rings. The van der Waals surface area contributed by atoms with Gasteiger partial charge in [0.05, 0.1) is 11.4 Å². The Hall–Kier alpha value is -2.47. The molecule has 29 heavy (non-hydrogen) atoms. The fourth-order valence-corrected chi connectivity index (χ4v) is 5.10. The molecular formula is C17H17F4N5O2S. The molecule has 4 rings (SSSR count). The van der Waals surface area contributed by atoms with Crippen LogP contribution in [0, 0.1) is 18.7 Å². The molecule has 3 aromatic rings. The van der Waals surface area contributed by atoms with Gasteiger partial charge in [-0.1, -0.05) is 0 Å². The summed E-state index contributed by atoms with van der Waals surface area (Å²) in [4.78, 5) is 6.67. The Bertz CT molecular complexity index is 1200. The van der Waals surface area contributed by atoms with Gasteiger partial charge in [-0.15, -0.1) is 0 Å². The Labute approximate surface area is 163 Å². The second kappa shape index (κ2) is 6.52. The lowest BCUT2D eigenvalue weighted by molar-refractivity contribution is -0.169. The number of aromatic nitrogens is 4. The van der Waals surface area contributed by atoms with Crippen LogP contribution < -0.4 is 0 Å². The smallest absolute Gasteiger partial charge is 0.342 e. The standard InChI is InChI=1S/C17H17F4N5O2S/c1-9-5-12(18)15-11(14(9)16-22-8-25(2)24-16)6-13(23-15)29(27,28)26-4-3-10(7-26)17(19,20)21/h5-6,8,10,23H,3-4,7H2,1-2H3/t10-/m0/s1. The van der Waals surface area contributed by atoms with Crippen molar-refractivity contribution in [2.24, 2.45) is 13.0 Å². The molecule has 156 valence electrons. The fraction of sp³-hybridized carbons (Fsp3) is 0.412. The third-order valence-corrected chi connectivity index (χ3v) is 6.88. The van der Waals surface area contributed by atoms with Crippen LogP contribution in [0.25, 0.3) is 22.3 Å². The molecule has 1 fully saturated rings. The molecule has 0 radical (unpaired) electrons. The van der Waals surface area contributed by atoms with E-state index in [0.717, 1.165) is 4.31 Å². The van der Waals surface area contributed by atoms with Gasteiger partial charge < -0.3 is 4.98 Å². The van der Waals surface area contributed by atoms with Gasteiger partial charge in [-0.2, -0.15) is 22.6 Å². The Morgan fingerprint density at radius 3 is 2.59 bits per heavy atom. The third-order valence-electron chi connectivity index (χ3n) is 5.09. The highest BCUT2D eigenvalue weighted by atomic mass is 32.2. The number of halogens is 4. The second-order valence-corrected chi connectivity index (χ2v) is 9.01. The quantitative estimate of drug-likeness (QED) is 0.647. The van der Waals surface area contributed by atoms with Gasteiger partial charge >= 0.3 is 6.18 Å². The van der Waals surface area contributed by atoms with Crippen LogP contribution in [0.4, 0.5) is 17.6 Å². The lowest BCUT2D eigenvalue weighted by Gasteiger charge is -2.17. The number of fused-ring (bicyclic) bond motifs is 1. The molecule has 0 unspecified atom stereocenters. The van der Waals surface area contributed by atoms with Crippen LogP contribution in [0.15, 0.2) is 23.5 Å². The van der Waals surface area contributed by atoms with Crippen LogP contribution in [-0.4, -0.2) is 51.7 Å². The summed E-state index contributed by atoms with van der Waals surface area (Å²) < 4.78 is 81.3. The molecule has 12 heteroatoms. The Morgan fingerprint density at radius 2 is 2.00 bits per heavy atom. The van der Waals surface area contributed by atoms with Gasteiger partial charge in [-0.05, 0) is 31.0 Å². The van der Waals surface area contributed by atoms with Crippen molar-refractivity contribution >= 4 is 20.9 Å². The van der Waals surface area contributed by atoms with Crippen molar-refractivity contribution < 1.29 is 26.0 Å². The van der Waals surface area contributed by atoms with Gasteiger partial charge in [0, 0.05) is 31.1 Å². The Balaban J connectivity index is 1.81. The lowest BCUT2D eigenvalue weighted by atomic mass is 10.0. The van der Waals surface area contributed by atoms with Gasteiger partial charge in [-0.25, -0.2) is 17.8 Å². The molecule has 0 saturated carbocycles. The second-order valence-electron chi connectivity index (χ2n) is 7.10. The van der Waals surface area contributed by atoms with Crippen molar-refractivity contribution in [2.45, 2.75) is 24.5 Å². The highest BCUT2D eigenvalue weighted by molar-refractivity contribution is 7.89. The number of rotatable bonds is 3. The van der Waals surface area contributed by atoms with Crippen molar-refractivity contribution in [3.05, 3.63) is 29.8 Å². The minimum absolute atomic E-state index is 0.0665. The summed E-state index contributed by atoms with van der Waals surface area (Å²) >= 11 is 0. The highest BCUT2D eigenvalue weighted by Gasteiger charge is 2.46. The average Bonchev–Trinajstić information content (AvgIpc) is 3.32. The van der Waals surface area contributed by atoms with Crippen molar-refractivity contribution in [3.8, 4) is 11.4 Å². The first-order valence-electron chi connectivity index (χ1n) is 8.73. The van der Waals surface area contributed by atoms with Crippen LogP contribution in [0.3, 0.4) is 0 Å². The van der Waals surface area contributed by atoms with Gasteiger partial charge in [0.1, 0.15) is 17.2 Å². The Kier molecular flexibility index (Phi) is 4.46. The summed E-state index contributed by atoms with van der Waals surface area (Å²) in [5.41, 5.74) is 0.889. The molecule has 1 saturated heterocycles. The zero-order valence-electron chi connectivity index (χ0n) is 15.5. The van der Waals surface area contributed by atoms with Crippen molar-refractivity contribution in [1.29, 1.82) is 0 Å². The number of benzene rings is 1. The first-order chi connectivity index (χ1) is 13.5. The maximum absolute atomic E-state index is 14.5. The summed E-state index contributed by atoms with van der Waals surface area (Å²) in [5.74, 6) is -2.10. The van der Waals surface area contributed by atoms with Crippen LogP contribution >= 0.6 is 0 Å². The zero-order chi connectivity index (χ0) is 21.1. The molecule has 7 nitrogen and oxygen atoms in total. The number of aromatic amines is 1. The van der Waals surface area contributed by atoms with Crippen LogP contribution in [0.1, 0.15) is 12.0 Å². The van der Waals surface area contributed by atoms with Crippen LogP contribution in [-0.2, 0) is 17.1 Å². The minimum Gasteiger partial charge on any atom is -0.342 e. The van der Waals surface area contributed by atoms with Gasteiger partial charge in [0.2, 0.25) is 0 Å². The number of nitrogens with zero attached hydrogens (tertiary/aromatic N) is 4. The molecule has 0 aliphatic carbocycles. The maximum atomic E-state index is 14.5. The predicted octanol–water partition coefficient (Wildman–Crippen LogP) is 2.98. The van der Waals surface area contributed by atoms with Crippen LogP contribution in [0.5, 0.6) is 0 Å². The number of sulfonamides is 1. The minimum atomic E-state index is -4.47. The predicted molar refractivity (Wildman–Crippen MR) is 95.9 cm³/mol. The molecular weight excluding hydrogens is 414 g/mol.